The number of rotatable bonds is 7. The number of aryl methyl sites for hydroxylation is 2. The molecule has 0 unspecified atom stereocenters. The molecule has 0 aliphatic heterocycles. The van der Waals surface area contributed by atoms with Gasteiger partial charge in [-0.25, -0.2) is 0 Å². The average molecular weight is 355 g/mol. The molecule has 0 fully saturated rings. The van der Waals surface area contributed by atoms with Gasteiger partial charge in [0, 0.05) is 31.5 Å². The first-order valence-electron chi connectivity index (χ1n) is 8.39. The maximum absolute atomic E-state index is 12.1. The number of ether oxygens (including phenoxy) is 1. The molecule has 2 rings (SSSR count). The minimum Gasteiger partial charge on any atom is -0.484 e. The standard InChI is InChI=1S/C20H25N3O3/c1-14-8-9-17(10-15(14)2)22-19(24)12-21-16-6-5-7-18(11-16)26-13-20(25)23(3)4/h5-11,21H,12-13H2,1-4H3,(H,22,24). The lowest BCUT2D eigenvalue weighted by atomic mass is 10.1. The molecule has 0 radical (unpaired) electrons. The Balaban J connectivity index is 1.86. The molecule has 2 N–H and O–H groups in total. The number of anilines is 2. The zero-order chi connectivity index (χ0) is 19.1. The fraction of sp³-hybridized carbons (Fsp3) is 0.300. The molecule has 2 aromatic rings. The molecule has 0 aliphatic rings. The number of benzene rings is 2. The molecule has 138 valence electrons. The average Bonchev–Trinajstić information content (AvgIpc) is 2.61. The van der Waals surface area contributed by atoms with Crippen LogP contribution in [0.2, 0.25) is 0 Å². The second-order valence-corrected chi connectivity index (χ2v) is 6.31. The number of nitrogens with zero attached hydrogens (tertiary/aromatic N) is 1. The fourth-order valence-electron chi connectivity index (χ4n) is 2.18. The van der Waals surface area contributed by atoms with Crippen molar-refractivity contribution >= 4 is 23.2 Å². The molecule has 26 heavy (non-hydrogen) atoms. The van der Waals surface area contributed by atoms with Gasteiger partial charge >= 0.3 is 0 Å². The maximum Gasteiger partial charge on any atom is 0.259 e. The summed E-state index contributed by atoms with van der Waals surface area (Å²) in [6, 6.07) is 13.0. The monoisotopic (exact) mass is 355 g/mol. The highest BCUT2D eigenvalue weighted by Crippen LogP contribution is 2.18. The molecular formula is C20H25N3O3. The summed E-state index contributed by atoms with van der Waals surface area (Å²) < 4.78 is 5.46. The van der Waals surface area contributed by atoms with Crippen molar-refractivity contribution in [1.82, 2.24) is 4.90 Å². The summed E-state index contributed by atoms with van der Waals surface area (Å²) in [5.41, 5.74) is 3.84. The van der Waals surface area contributed by atoms with E-state index in [1.807, 2.05) is 38.1 Å². The van der Waals surface area contributed by atoms with Crippen LogP contribution in [-0.2, 0) is 9.59 Å². The molecule has 0 saturated heterocycles. The van der Waals surface area contributed by atoms with Crippen molar-refractivity contribution < 1.29 is 14.3 Å². The van der Waals surface area contributed by atoms with Crippen LogP contribution in [0.15, 0.2) is 42.5 Å². The molecule has 0 bridgehead atoms. The largest absolute Gasteiger partial charge is 0.484 e. The van der Waals surface area contributed by atoms with E-state index in [-0.39, 0.29) is 25.0 Å². The number of carbonyl (C=O) groups is 2. The quantitative estimate of drug-likeness (QED) is 0.801. The lowest BCUT2D eigenvalue weighted by molar-refractivity contribution is -0.130. The number of hydrogen-bond acceptors (Lipinski definition) is 4. The molecule has 0 spiro atoms. The predicted molar refractivity (Wildman–Crippen MR) is 104 cm³/mol. The molecule has 0 atom stereocenters. The van der Waals surface area contributed by atoms with Crippen molar-refractivity contribution in [3.63, 3.8) is 0 Å². The first kappa shape index (κ1) is 19.3. The van der Waals surface area contributed by atoms with Gasteiger partial charge in [-0.15, -0.1) is 0 Å². The Bertz CT molecular complexity index is 788. The third-order valence-corrected chi connectivity index (χ3v) is 3.94. The van der Waals surface area contributed by atoms with E-state index in [1.54, 1.807) is 32.3 Å². The molecule has 6 nitrogen and oxygen atoms in total. The third kappa shape index (κ3) is 5.81. The van der Waals surface area contributed by atoms with Crippen LogP contribution >= 0.6 is 0 Å². The summed E-state index contributed by atoms with van der Waals surface area (Å²) in [5, 5.41) is 5.92. The van der Waals surface area contributed by atoms with E-state index in [0.29, 0.717) is 5.75 Å². The van der Waals surface area contributed by atoms with E-state index >= 15 is 0 Å². The van der Waals surface area contributed by atoms with Crippen LogP contribution < -0.4 is 15.4 Å². The van der Waals surface area contributed by atoms with Gasteiger partial charge in [0.25, 0.3) is 5.91 Å². The highest BCUT2D eigenvalue weighted by molar-refractivity contribution is 5.93. The van der Waals surface area contributed by atoms with Crippen LogP contribution in [0.1, 0.15) is 11.1 Å². The highest BCUT2D eigenvalue weighted by Gasteiger charge is 2.06. The molecule has 0 heterocycles. The number of amides is 2. The fourth-order valence-corrected chi connectivity index (χ4v) is 2.18. The second kappa shape index (κ2) is 8.89. The normalized spacial score (nSPS) is 10.2. The Kier molecular flexibility index (Phi) is 6.60. The number of likely N-dealkylation sites (N-methyl/N-ethyl adjacent to an activating group) is 1. The summed E-state index contributed by atoms with van der Waals surface area (Å²) in [5.74, 6) is 0.318. The van der Waals surface area contributed by atoms with Crippen LogP contribution in [-0.4, -0.2) is 44.0 Å². The molecule has 0 saturated carbocycles. The second-order valence-electron chi connectivity index (χ2n) is 6.31. The van der Waals surface area contributed by atoms with Crippen molar-refractivity contribution in [1.29, 1.82) is 0 Å². The molecule has 2 aromatic carbocycles. The highest BCUT2D eigenvalue weighted by atomic mass is 16.5. The van der Waals surface area contributed by atoms with Gasteiger partial charge in [-0.2, -0.15) is 0 Å². The van der Waals surface area contributed by atoms with Gasteiger partial charge in [-0.1, -0.05) is 12.1 Å². The van der Waals surface area contributed by atoms with Crippen molar-refractivity contribution in [3.8, 4) is 5.75 Å². The first-order valence-corrected chi connectivity index (χ1v) is 8.39. The van der Waals surface area contributed by atoms with Gasteiger partial charge in [-0.05, 0) is 49.2 Å². The van der Waals surface area contributed by atoms with Crippen molar-refractivity contribution in [2.24, 2.45) is 0 Å². The molecule has 6 heteroatoms. The Labute approximate surface area is 154 Å². The van der Waals surface area contributed by atoms with E-state index in [0.717, 1.165) is 16.9 Å². The van der Waals surface area contributed by atoms with Gasteiger partial charge < -0.3 is 20.3 Å². The first-order chi connectivity index (χ1) is 12.3. The summed E-state index contributed by atoms with van der Waals surface area (Å²) in [7, 11) is 3.36. The molecule has 2 amide bonds. The summed E-state index contributed by atoms with van der Waals surface area (Å²) in [6.07, 6.45) is 0. The van der Waals surface area contributed by atoms with E-state index in [2.05, 4.69) is 10.6 Å². The summed E-state index contributed by atoms with van der Waals surface area (Å²) in [6.45, 7) is 4.15. The van der Waals surface area contributed by atoms with Crippen molar-refractivity contribution in [2.75, 3.05) is 37.9 Å². The third-order valence-electron chi connectivity index (χ3n) is 3.94. The van der Waals surface area contributed by atoms with Gasteiger partial charge in [0.1, 0.15) is 5.75 Å². The van der Waals surface area contributed by atoms with Crippen LogP contribution in [0, 0.1) is 13.8 Å². The Morgan fingerprint density at radius 2 is 1.77 bits per heavy atom. The smallest absolute Gasteiger partial charge is 0.259 e. The van der Waals surface area contributed by atoms with E-state index < -0.39 is 0 Å². The minimum atomic E-state index is -0.137. The van der Waals surface area contributed by atoms with E-state index in [9.17, 15) is 9.59 Å². The van der Waals surface area contributed by atoms with Crippen LogP contribution in [0.25, 0.3) is 0 Å². The maximum atomic E-state index is 12.1. The molecule has 0 aliphatic carbocycles. The number of carbonyl (C=O) groups excluding carboxylic acids is 2. The predicted octanol–water partition coefficient (Wildman–Crippen LogP) is 2.82. The molecular weight excluding hydrogens is 330 g/mol. The zero-order valence-electron chi connectivity index (χ0n) is 15.6. The topological polar surface area (TPSA) is 70.7 Å². The van der Waals surface area contributed by atoms with Crippen molar-refractivity contribution in [2.45, 2.75) is 13.8 Å². The van der Waals surface area contributed by atoms with Gasteiger partial charge in [0.05, 0.1) is 6.54 Å². The number of hydrogen-bond donors (Lipinski definition) is 2. The van der Waals surface area contributed by atoms with Crippen molar-refractivity contribution in [3.05, 3.63) is 53.6 Å². The molecule has 0 aromatic heterocycles. The summed E-state index contributed by atoms with van der Waals surface area (Å²) in [4.78, 5) is 25.1. The van der Waals surface area contributed by atoms with E-state index in [4.69, 9.17) is 4.74 Å². The Morgan fingerprint density at radius 1 is 1.00 bits per heavy atom. The van der Waals surface area contributed by atoms with Gasteiger partial charge in [0.15, 0.2) is 6.61 Å². The van der Waals surface area contributed by atoms with E-state index in [1.165, 1.54) is 10.5 Å². The van der Waals surface area contributed by atoms with Crippen LogP contribution in [0.3, 0.4) is 0 Å². The lowest BCUT2D eigenvalue weighted by Gasteiger charge is -2.13. The SMILES string of the molecule is Cc1ccc(NC(=O)CNc2cccc(OCC(=O)N(C)C)c2)cc1C. The van der Waals surface area contributed by atoms with Crippen LogP contribution in [0.4, 0.5) is 11.4 Å². The Morgan fingerprint density at radius 3 is 2.46 bits per heavy atom. The number of nitrogens with one attached hydrogen (secondary N) is 2. The minimum absolute atomic E-state index is 0.0241. The Hall–Kier alpha value is -3.02. The lowest BCUT2D eigenvalue weighted by Crippen LogP contribution is -2.27. The van der Waals surface area contributed by atoms with Crippen LogP contribution in [0.5, 0.6) is 5.75 Å². The summed E-state index contributed by atoms with van der Waals surface area (Å²) >= 11 is 0. The zero-order valence-corrected chi connectivity index (χ0v) is 15.6. The van der Waals surface area contributed by atoms with Gasteiger partial charge in [0.2, 0.25) is 5.91 Å². The van der Waals surface area contributed by atoms with Gasteiger partial charge in [-0.3, -0.25) is 9.59 Å².